The number of hydrogen-bond donors (Lipinski definition) is 0. The van der Waals surface area contributed by atoms with Crippen molar-refractivity contribution < 1.29 is 9.53 Å². The van der Waals surface area contributed by atoms with Crippen LogP contribution in [0.5, 0.6) is 0 Å². The van der Waals surface area contributed by atoms with E-state index in [1.807, 2.05) is 27.7 Å². The fraction of sp³-hybridized carbons (Fsp3) is 0.550. The molecule has 1 atom stereocenters. The van der Waals surface area contributed by atoms with Crippen molar-refractivity contribution in [3.05, 3.63) is 0 Å². The number of carbonyl (C=O) groups excluding carboxylic acids is 1. The molecule has 0 fully saturated rings. The number of carbonyl (C=O) groups is 1. The molecule has 0 N–H and O–H groups in total. The molecule has 22 heavy (non-hydrogen) atoms. The summed E-state index contributed by atoms with van der Waals surface area (Å²) in [6, 6.07) is 0. The van der Waals surface area contributed by atoms with E-state index >= 15 is 0 Å². The second-order valence-corrected chi connectivity index (χ2v) is 6.08. The van der Waals surface area contributed by atoms with Gasteiger partial charge in [-0.3, -0.25) is 4.79 Å². The molecule has 0 aliphatic heterocycles. The summed E-state index contributed by atoms with van der Waals surface area (Å²) in [6.45, 7) is 13.5. The maximum Gasteiger partial charge on any atom is 0.309 e. The molecule has 0 amide bonds. The third-order valence-corrected chi connectivity index (χ3v) is 2.08. The first-order valence-corrected chi connectivity index (χ1v) is 7.24. The first kappa shape index (κ1) is 22.0. The van der Waals surface area contributed by atoms with Crippen LogP contribution in [-0.4, -0.2) is 11.6 Å². The summed E-state index contributed by atoms with van der Waals surface area (Å²) in [7, 11) is 0. The molecule has 0 rings (SSSR count). The largest absolute Gasteiger partial charge is 0.460 e. The molecule has 2 heteroatoms. The van der Waals surface area contributed by atoms with Gasteiger partial charge in [-0.2, -0.15) is 0 Å². The Hall–Kier alpha value is -2.29. The smallest absolute Gasteiger partial charge is 0.309 e. The molecule has 118 valence electrons. The lowest BCUT2D eigenvalue weighted by Crippen LogP contribution is -2.28. The predicted molar refractivity (Wildman–Crippen MR) is 92.3 cm³/mol. The molecule has 0 saturated heterocycles. The van der Waals surface area contributed by atoms with E-state index < -0.39 is 0 Å². The molecular weight excluding hydrogens is 272 g/mol. The Balaban J connectivity index is 0. The zero-order valence-electron chi connectivity index (χ0n) is 14.8. The van der Waals surface area contributed by atoms with Gasteiger partial charge in [-0.1, -0.05) is 26.7 Å². The first-order chi connectivity index (χ1) is 10.1. The number of rotatable bonds is 3. The summed E-state index contributed by atoms with van der Waals surface area (Å²) in [5, 5.41) is 0. The lowest BCUT2D eigenvalue weighted by atomic mass is 9.99. The molecule has 0 spiro atoms. The Kier molecular flexibility index (Phi) is 12.4. The van der Waals surface area contributed by atoms with Crippen LogP contribution in [0, 0.1) is 59.7 Å². The third kappa shape index (κ3) is 17.7. The van der Waals surface area contributed by atoms with E-state index in [1.165, 1.54) is 0 Å². The van der Waals surface area contributed by atoms with Crippen LogP contribution in [0.2, 0.25) is 0 Å². The summed E-state index contributed by atoms with van der Waals surface area (Å²) in [4.78, 5) is 11.5. The molecule has 0 aliphatic carbocycles. The topological polar surface area (TPSA) is 26.3 Å². The van der Waals surface area contributed by atoms with Crippen LogP contribution in [0.15, 0.2) is 0 Å². The standard InChI is InChI=1S/C11H22O2.C9H4/c1-8(2)7-9(3)10(12)13-11(4,5)6;1-3-5-7-9-8-6-4-2/h8-9H,7H2,1-6H3;1H,2H3/t9-;/m1./s1. The van der Waals surface area contributed by atoms with Gasteiger partial charge in [-0.25, -0.2) is 0 Å². The second kappa shape index (κ2) is 12.5. The Morgan fingerprint density at radius 2 is 1.55 bits per heavy atom. The Bertz CT molecular complexity index is 549. The van der Waals surface area contributed by atoms with Crippen molar-refractivity contribution >= 4 is 5.97 Å². The summed E-state index contributed by atoms with van der Waals surface area (Å²) in [6.07, 6.45) is 5.71. The van der Waals surface area contributed by atoms with Crippen LogP contribution in [-0.2, 0) is 9.53 Å². The fourth-order valence-electron chi connectivity index (χ4n) is 1.40. The molecule has 0 saturated carbocycles. The molecule has 0 bridgehead atoms. The second-order valence-electron chi connectivity index (χ2n) is 6.08. The van der Waals surface area contributed by atoms with Gasteiger partial charge in [-0.05, 0) is 75.6 Å². The van der Waals surface area contributed by atoms with E-state index in [1.54, 1.807) is 6.92 Å². The van der Waals surface area contributed by atoms with Gasteiger partial charge in [0.1, 0.15) is 5.60 Å². The highest BCUT2D eigenvalue weighted by molar-refractivity contribution is 5.72. The van der Waals surface area contributed by atoms with Crippen molar-refractivity contribution in [1.82, 2.24) is 0 Å². The molecule has 2 nitrogen and oxygen atoms in total. The quantitative estimate of drug-likeness (QED) is 0.587. The van der Waals surface area contributed by atoms with E-state index in [0.29, 0.717) is 5.92 Å². The van der Waals surface area contributed by atoms with Crippen molar-refractivity contribution in [3.8, 4) is 47.9 Å². The summed E-state index contributed by atoms with van der Waals surface area (Å²) < 4.78 is 5.26. The van der Waals surface area contributed by atoms with E-state index in [0.717, 1.165) is 6.42 Å². The van der Waals surface area contributed by atoms with Gasteiger partial charge in [0.25, 0.3) is 0 Å². The van der Waals surface area contributed by atoms with E-state index in [9.17, 15) is 4.79 Å². The fourth-order valence-corrected chi connectivity index (χ4v) is 1.40. The minimum Gasteiger partial charge on any atom is -0.460 e. The first-order valence-electron chi connectivity index (χ1n) is 7.24. The van der Waals surface area contributed by atoms with Crippen LogP contribution >= 0.6 is 0 Å². The summed E-state index contributed by atoms with van der Waals surface area (Å²) in [5.74, 6) is 17.4. The van der Waals surface area contributed by atoms with Crippen molar-refractivity contribution in [2.24, 2.45) is 11.8 Å². The maximum absolute atomic E-state index is 11.5. The van der Waals surface area contributed by atoms with Gasteiger partial charge >= 0.3 is 5.97 Å². The highest BCUT2D eigenvalue weighted by Gasteiger charge is 2.21. The highest BCUT2D eigenvalue weighted by Crippen LogP contribution is 2.16. The van der Waals surface area contributed by atoms with Crippen LogP contribution in [0.25, 0.3) is 0 Å². The van der Waals surface area contributed by atoms with E-state index in [-0.39, 0.29) is 17.5 Å². The summed E-state index contributed by atoms with van der Waals surface area (Å²) >= 11 is 0. The van der Waals surface area contributed by atoms with Crippen LogP contribution in [0.1, 0.15) is 54.9 Å². The average Bonchev–Trinajstić information content (AvgIpc) is 2.36. The lowest BCUT2D eigenvalue weighted by molar-refractivity contribution is -0.159. The van der Waals surface area contributed by atoms with Gasteiger partial charge < -0.3 is 4.74 Å². The van der Waals surface area contributed by atoms with Gasteiger partial charge in [0, 0.05) is 0 Å². The molecule has 0 unspecified atom stereocenters. The minimum atomic E-state index is -0.359. The van der Waals surface area contributed by atoms with Gasteiger partial charge in [-0.15, -0.1) is 6.42 Å². The zero-order valence-corrected chi connectivity index (χ0v) is 14.8. The van der Waals surface area contributed by atoms with Crippen molar-refractivity contribution in [2.45, 2.75) is 60.5 Å². The van der Waals surface area contributed by atoms with Crippen molar-refractivity contribution in [2.75, 3.05) is 0 Å². The number of esters is 1. The summed E-state index contributed by atoms with van der Waals surface area (Å²) in [5.41, 5.74) is -0.359. The SMILES string of the molecule is C#CC#CC#CC#CC.CC(C)C[C@@H](C)C(=O)OC(C)(C)C. The highest BCUT2D eigenvalue weighted by atomic mass is 16.6. The molecule has 0 radical (unpaired) electrons. The number of ether oxygens (including phenoxy) is 1. The Morgan fingerprint density at radius 3 is 1.95 bits per heavy atom. The van der Waals surface area contributed by atoms with Crippen LogP contribution < -0.4 is 0 Å². The molecule has 0 heterocycles. The molecule has 0 aromatic carbocycles. The van der Waals surface area contributed by atoms with Gasteiger partial charge in [0.15, 0.2) is 0 Å². The molecule has 0 aliphatic rings. The van der Waals surface area contributed by atoms with E-state index in [2.05, 4.69) is 55.3 Å². The number of hydrogen-bond acceptors (Lipinski definition) is 2. The average molecular weight is 298 g/mol. The van der Waals surface area contributed by atoms with Gasteiger partial charge in [0.2, 0.25) is 0 Å². The number of terminal acetylenes is 1. The minimum absolute atomic E-state index is 0.0132. The third-order valence-electron chi connectivity index (χ3n) is 2.08. The van der Waals surface area contributed by atoms with Crippen molar-refractivity contribution in [3.63, 3.8) is 0 Å². The zero-order chi connectivity index (χ0) is 17.6. The normalized spacial score (nSPS) is 9.95. The molecule has 0 aromatic rings. The Labute approximate surface area is 136 Å². The Morgan fingerprint density at radius 1 is 1.05 bits per heavy atom. The monoisotopic (exact) mass is 298 g/mol. The maximum atomic E-state index is 11.5. The lowest BCUT2D eigenvalue weighted by Gasteiger charge is -2.22. The van der Waals surface area contributed by atoms with Gasteiger partial charge in [0.05, 0.1) is 5.92 Å². The predicted octanol–water partition coefficient (Wildman–Crippen LogP) is 3.66. The molecular formula is C20H26O2. The van der Waals surface area contributed by atoms with E-state index in [4.69, 9.17) is 11.2 Å². The molecule has 0 aromatic heterocycles. The van der Waals surface area contributed by atoms with Crippen LogP contribution in [0.4, 0.5) is 0 Å². The van der Waals surface area contributed by atoms with Crippen molar-refractivity contribution in [1.29, 1.82) is 0 Å². The van der Waals surface area contributed by atoms with Crippen LogP contribution in [0.3, 0.4) is 0 Å².